The van der Waals surface area contributed by atoms with Gasteiger partial charge in [-0.2, -0.15) is 5.26 Å². The van der Waals surface area contributed by atoms with E-state index >= 15 is 0 Å². The molecule has 210 valence electrons. The number of thiocarbonyl (C=S) groups is 1. The number of hydrogen-bond acceptors (Lipinski definition) is 5. The van der Waals surface area contributed by atoms with Crippen LogP contribution in [0.15, 0.2) is 79.3 Å². The van der Waals surface area contributed by atoms with Crippen molar-refractivity contribution in [1.29, 1.82) is 5.26 Å². The number of benzene rings is 3. The number of carbonyl (C=O) groups excluding carboxylic acids is 1. The molecular formula is C31H30Cl2N6OS. The van der Waals surface area contributed by atoms with Crippen LogP contribution in [0.5, 0.6) is 0 Å². The number of anilines is 1. The van der Waals surface area contributed by atoms with Gasteiger partial charge in [0.1, 0.15) is 0 Å². The number of nitrogens with one attached hydrogen (secondary N) is 2. The average molecular weight is 606 g/mol. The monoisotopic (exact) mass is 604 g/mol. The fraction of sp³-hybridized carbons (Fsp3) is 0.226. The van der Waals surface area contributed by atoms with Gasteiger partial charge in [-0.25, -0.2) is 4.98 Å². The summed E-state index contributed by atoms with van der Waals surface area (Å²) in [4.78, 5) is 19.7. The second-order valence-corrected chi connectivity index (χ2v) is 10.9. The summed E-state index contributed by atoms with van der Waals surface area (Å²) in [6.07, 6.45) is 3.51. The van der Waals surface area contributed by atoms with Crippen LogP contribution >= 0.6 is 35.4 Å². The molecular weight excluding hydrogens is 575 g/mol. The molecule has 4 rings (SSSR count). The van der Waals surface area contributed by atoms with Crippen LogP contribution in [-0.4, -0.2) is 38.1 Å². The lowest BCUT2D eigenvalue weighted by Crippen LogP contribution is -2.50. The van der Waals surface area contributed by atoms with E-state index in [2.05, 4.69) is 21.7 Å². The Bertz CT molecular complexity index is 1560. The Kier molecular flexibility index (Phi) is 10.5. The van der Waals surface area contributed by atoms with E-state index in [4.69, 9.17) is 40.7 Å². The summed E-state index contributed by atoms with van der Waals surface area (Å²) in [7, 11) is 0. The van der Waals surface area contributed by atoms with Crippen molar-refractivity contribution in [3.63, 3.8) is 0 Å². The quantitative estimate of drug-likeness (QED) is 0.205. The molecule has 1 atom stereocenters. The van der Waals surface area contributed by atoms with Crippen LogP contribution in [-0.2, 0) is 24.3 Å². The summed E-state index contributed by atoms with van der Waals surface area (Å²) in [5.74, 6) is -0.160. The highest BCUT2D eigenvalue weighted by molar-refractivity contribution is 7.80. The number of halogens is 2. The van der Waals surface area contributed by atoms with Gasteiger partial charge in [0.2, 0.25) is 5.91 Å². The second kappa shape index (κ2) is 14.2. The molecule has 0 radical (unpaired) electrons. The van der Waals surface area contributed by atoms with Gasteiger partial charge < -0.3 is 15.2 Å². The molecule has 3 aromatic carbocycles. The molecule has 7 nitrogen and oxygen atoms in total. The van der Waals surface area contributed by atoms with E-state index in [0.717, 1.165) is 28.1 Å². The lowest BCUT2D eigenvalue weighted by molar-refractivity contribution is -0.128. The van der Waals surface area contributed by atoms with E-state index < -0.39 is 0 Å². The third-order valence-electron chi connectivity index (χ3n) is 6.55. The normalized spacial score (nSPS) is 11.5. The molecule has 1 aromatic heterocycles. The van der Waals surface area contributed by atoms with Gasteiger partial charge in [-0.15, -0.1) is 0 Å². The van der Waals surface area contributed by atoms with Crippen molar-refractivity contribution in [3.8, 4) is 6.07 Å². The molecule has 0 fully saturated rings. The summed E-state index contributed by atoms with van der Waals surface area (Å²) in [6.45, 7) is 5.43. The van der Waals surface area contributed by atoms with Crippen molar-refractivity contribution in [2.45, 2.75) is 39.4 Å². The molecule has 0 saturated heterocycles. The smallest absolute Gasteiger partial charge is 0.235 e. The number of aromatic nitrogens is 2. The summed E-state index contributed by atoms with van der Waals surface area (Å²) < 4.78 is 1.93. The van der Waals surface area contributed by atoms with Gasteiger partial charge >= 0.3 is 0 Å². The fourth-order valence-electron chi connectivity index (χ4n) is 4.42. The molecule has 4 aromatic rings. The van der Waals surface area contributed by atoms with Crippen LogP contribution in [0.2, 0.25) is 10.0 Å². The topological polar surface area (TPSA) is 86.0 Å². The Morgan fingerprint density at radius 3 is 2.63 bits per heavy atom. The number of nitriles is 1. The number of hydrogen-bond donors (Lipinski definition) is 2. The number of amides is 1. The summed E-state index contributed by atoms with van der Waals surface area (Å²) >= 11 is 18.3. The molecule has 0 spiro atoms. The zero-order valence-corrected chi connectivity index (χ0v) is 25.1. The first-order valence-corrected chi connectivity index (χ1v) is 14.2. The minimum Gasteiger partial charge on any atom is -0.332 e. The first-order valence-electron chi connectivity index (χ1n) is 13.1. The van der Waals surface area contributed by atoms with Gasteiger partial charge in [-0.05, 0) is 73.1 Å². The molecule has 1 amide bonds. The zero-order chi connectivity index (χ0) is 29.4. The number of imidazole rings is 1. The van der Waals surface area contributed by atoms with Gasteiger partial charge in [-0.3, -0.25) is 9.69 Å². The largest absolute Gasteiger partial charge is 0.332 e. The highest BCUT2D eigenvalue weighted by Crippen LogP contribution is 2.25. The maximum absolute atomic E-state index is 13.8. The minimum absolute atomic E-state index is 0.108. The molecule has 0 aliphatic heterocycles. The minimum atomic E-state index is -0.278. The summed E-state index contributed by atoms with van der Waals surface area (Å²) in [5, 5.41) is 17.0. The van der Waals surface area contributed by atoms with Gasteiger partial charge in [0.05, 0.1) is 34.4 Å². The SMILES string of the molecule is Cc1cccc(NC(=S)N(C(=O)Cc2cncn2Cc2ccc(C#N)cc2)[C@@H](C)CNCc2cccc(Cl)c2Cl)c1. The molecule has 0 bridgehead atoms. The fourth-order valence-corrected chi connectivity index (χ4v) is 5.20. The van der Waals surface area contributed by atoms with Crippen LogP contribution in [0.1, 0.15) is 34.9 Å². The molecule has 0 aliphatic carbocycles. The highest BCUT2D eigenvalue weighted by atomic mass is 35.5. The predicted molar refractivity (Wildman–Crippen MR) is 168 cm³/mol. The Morgan fingerprint density at radius 1 is 1.15 bits per heavy atom. The molecule has 2 N–H and O–H groups in total. The predicted octanol–water partition coefficient (Wildman–Crippen LogP) is 6.36. The molecule has 41 heavy (non-hydrogen) atoms. The van der Waals surface area contributed by atoms with Crippen molar-refractivity contribution < 1.29 is 4.79 Å². The maximum atomic E-state index is 13.8. The summed E-state index contributed by atoms with van der Waals surface area (Å²) in [6, 6.07) is 22.5. The molecule has 0 aliphatic rings. The third kappa shape index (κ3) is 8.15. The van der Waals surface area contributed by atoms with Gasteiger partial charge in [0, 0.05) is 43.3 Å². The Hall–Kier alpha value is -3.74. The molecule has 1 heterocycles. The first-order chi connectivity index (χ1) is 19.7. The average Bonchev–Trinajstić information content (AvgIpc) is 3.37. The molecule has 10 heteroatoms. The highest BCUT2D eigenvalue weighted by Gasteiger charge is 2.26. The zero-order valence-electron chi connectivity index (χ0n) is 22.8. The number of nitrogens with zero attached hydrogens (tertiary/aromatic N) is 4. The number of carbonyl (C=O) groups is 1. The molecule has 0 unspecified atom stereocenters. The van der Waals surface area contributed by atoms with Gasteiger partial charge in [0.15, 0.2) is 5.11 Å². The van der Waals surface area contributed by atoms with E-state index in [1.807, 2.05) is 66.9 Å². The second-order valence-electron chi connectivity index (χ2n) is 9.75. The Balaban J connectivity index is 1.49. The lowest BCUT2D eigenvalue weighted by atomic mass is 10.1. The van der Waals surface area contributed by atoms with Crippen molar-refractivity contribution >= 4 is 52.1 Å². The molecule has 0 saturated carbocycles. The van der Waals surface area contributed by atoms with Crippen LogP contribution in [0.3, 0.4) is 0 Å². The van der Waals surface area contributed by atoms with Crippen LogP contribution in [0, 0.1) is 18.3 Å². The van der Waals surface area contributed by atoms with Crippen LogP contribution in [0.4, 0.5) is 5.69 Å². The Morgan fingerprint density at radius 2 is 1.90 bits per heavy atom. The van der Waals surface area contributed by atoms with E-state index in [9.17, 15) is 4.79 Å². The van der Waals surface area contributed by atoms with Crippen molar-refractivity contribution in [2.24, 2.45) is 0 Å². The van der Waals surface area contributed by atoms with Gasteiger partial charge in [0.25, 0.3) is 0 Å². The third-order valence-corrected chi connectivity index (χ3v) is 7.71. The van der Waals surface area contributed by atoms with E-state index in [0.29, 0.717) is 40.4 Å². The summed E-state index contributed by atoms with van der Waals surface area (Å²) in [5.41, 5.74) is 5.12. The number of rotatable bonds is 10. The van der Waals surface area contributed by atoms with Crippen LogP contribution < -0.4 is 10.6 Å². The van der Waals surface area contributed by atoms with Crippen molar-refractivity contribution in [3.05, 3.63) is 117 Å². The van der Waals surface area contributed by atoms with Crippen molar-refractivity contribution in [2.75, 3.05) is 11.9 Å². The van der Waals surface area contributed by atoms with Crippen molar-refractivity contribution in [1.82, 2.24) is 19.8 Å². The standard InChI is InChI=1S/C31H30Cl2N6OS/c1-21-5-3-7-26(13-21)37-31(41)39(22(2)16-35-17-25-6-4-8-28(32)30(25)33)29(40)14-27-18-36-20-38(27)19-24-11-9-23(15-34)10-12-24/h3-13,18,20,22,35H,14,16-17,19H2,1-2H3,(H,37,41)/t22-/m0/s1. The number of aryl methyl sites for hydroxylation is 1. The van der Waals surface area contributed by atoms with Gasteiger partial charge in [-0.1, -0.05) is 59.6 Å². The first kappa shape index (κ1) is 30.2. The van der Waals surface area contributed by atoms with E-state index in [1.54, 1.807) is 35.6 Å². The maximum Gasteiger partial charge on any atom is 0.235 e. The lowest BCUT2D eigenvalue weighted by Gasteiger charge is -2.30. The van der Waals surface area contributed by atoms with E-state index in [1.165, 1.54) is 0 Å². The van der Waals surface area contributed by atoms with E-state index in [-0.39, 0.29) is 18.4 Å². The Labute approximate surface area is 255 Å². The van der Waals surface area contributed by atoms with Crippen LogP contribution in [0.25, 0.3) is 0 Å².